The molecular formula is C18H21NO3. The molecule has 0 aliphatic rings. The van der Waals surface area contributed by atoms with E-state index in [4.69, 9.17) is 4.74 Å². The van der Waals surface area contributed by atoms with Gasteiger partial charge in [0, 0.05) is 6.54 Å². The van der Waals surface area contributed by atoms with E-state index >= 15 is 0 Å². The van der Waals surface area contributed by atoms with Crippen molar-refractivity contribution in [3.8, 4) is 5.75 Å². The summed E-state index contributed by atoms with van der Waals surface area (Å²) in [7, 11) is 0. The number of nitrogens with one attached hydrogen (secondary N) is 1. The lowest BCUT2D eigenvalue weighted by molar-refractivity contribution is 0.0919. The van der Waals surface area contributed by atoms with Crippen LogP contribution in [0, 0.1) is 6.92 Å². The average Bonchev–Trinajstić information content (AvgIpc) is 2.52. The fraction of sp³-hybridized carbons (Fsp3) is 0.278. The molecule has 1 unspecified atom stereocenters. The average molecular weight is 299 g/mol. The van der Waals surface area contributed by atoms with Crippen molar-refractivity contribution in [3.05, 3.63) is 65.2 Å². The predicted molar refractivity (Wildman–Crippen MR) is 86.0 cm³/mol. The Morgan fingerprint density at radius 3 is 2.59 bits per heavy atom. The number of carbonyl (C=O) groups excluding carboxylic acids is 1. The van der Waals surface area contributed by atoms with Crippen LogP contribution in [-0.2, 0) is 6.61 Å². The maximum Gasteiger partial charge on any atom is 0.255 e. The van der Waals surface area contributed by atoms with E-state index in [9.17, 15) is 9.90 Å². The van der Waals surface area contributed by atoms with Crippen LogP contribution in [0.3, 0.4) is 0 Å². The molecular weight excluding hydrogens is 278 g/mol. The van der Waals surface area contributed by atoms with Gasteiger partial charge in [-0.25, -0.2) is 0 Å². The monoisotopic (exact) mass is 299 g/mol. The van der Waals surface area contributed by atoms with Gasteiger partial charge in [0.25, 0.3) is 5.91 Å². The van der Waals surface area contributed by atoms with Crippen molar-refractivity contribution < 1.29 is 14.6 Å². The van der Waals surface area contributed by atoms with Crippen LogP contribution in [0.2, 0.25) is 0 Å². The lowest BCUT2D eigenvalue weighted by Gasteiger charge is -2.13. The zero-order valence-corrected chi connectivity index (χ0v) is 12.9. The van der Waals surface area contributed by atoms with Crippen LogP contribution in [0.15, 0.2) is 48.5 Å². The summed E-state index contributed by atoms with van der Waals surface area (Å²) in [5, 5.41) is 11.9. The Kier molecular flexibility index (Phi) is 5.55. The summed E-state index contributed by atoms with van der Waals surface area (Å²) in [5.74, 6) is 0.287. The van der Waals surface area contributed by atoms with E-state index in [0.29, 0.717) is 17.9 Å². The molecule has 116 valence electrons. The SMILES string of the molecule is Cc1ccccc1COc1ccccc1C(=O)NCC(C)O. The number of aryl methyl sites for hydroxylation is 1. The molecule has 0 radical (unpaired) electrons. The molecule has 22 heavy (non-hydrogen) atoms. The highest BCUT2D eigenvalue weighted by Gasteiger charge is 2.12. The fourth-order valence-corrected chi connectivity index (χ4v) is 2.04. The van der Waals surface area contributed by atoms with Gasteiger partial charge in [-0.15, -0.1) is 0 Å². The Labute approximate surface area is 130 Å². The maximum absolute atomic E-state index is 12.1. The second-order valence-corrected chi connectivity index (χ2v) is 5.27. The molecule has 0 aromatic heterocycles. The number of ether oxygens (including phenoxy) is 1. The van der Waals surface area contributed by atoms with Gasteiger partial charge in [-0.05, 0) is 37.1 Å². The molecule has 1 amide bonds. The summed E-state index contributed by atoms with van der Waals surface area (Å²) in [6, 6.07) is 15.1. The molecule has 0 fully saturated rings. The van der Waals surface area contributed by atoms with Crippen molar-refractivity contribution in [2.75, 3.05) is 6.54 Å². The van der Waals surface area contributed by atoms with Gasteiger partial charge in [0.2, 0.25) is 0 Å². The van der Waals surface area contributed by atoms with Gasteiger partial charge in [0.1, 0.15) is 12.4 Å². The molecule has 2 aromatic rings. The third kappa shape index (κ3) is 4.33. The van der Waals surface area contributed by atoms with Crippen LogP contribution in [0.4, 0.5) is 0 Å². The second-order valence-electron chi connectivity index (χ2n) is 5.27. The number of aliphatic hydroxyl groups is 1. The molecule has 0 aliphatic heterocycles. The summed E-state index contributed by atoms with van der Waals surface area (Å²) in [6.07, 6.45) is -0.580. The predicted octanol–water partition coefficient (Wildman–Crippen LogP) is 2.68. The highest BCUT2D eigenvalue weighted by atomic mass is 16.5. The van der Waals surface area contributed by atoms with Gasteiger partial charge >= 0.3 is 0 Å². The molecule has 0 spiro atoms. The highest BCUT2D eigenvalue weighted by molar-refractivity contribution is 5.96. The minimum Gasteiger partial charge on any atom is -0.488 e. The van der Waals surface area contributed by atoms with Crippen LogP contribution in [0.25, 0.3) is 0 Å². The molecule has 2 rings (SSSR count). The Bertz CT molecular complexity index is 638. The zero-order valence-electron chi connectivity index (χ0n) is 12.9. The molecule has 4 nitrogen and oxygen atoms in total. The van der Waals surface area contributed by atoms with Gasteiger partial charge < -0.3 is 15.2 Å². The van der Waals surface area contributed by atoms with E-state index in [2.05, 4.69) is 5.32 Å². The highest BCUT2D eigenvalue weighted by Crippen LogP contribution is 2.20. The van der Waals surface area contributed by atoms with Crippen molar-refractivity contribution in [2.45, 2.75) is 26.6 Å². The van der Waals surface area contributed by atoms with E-state index in [1.807, 2.05) is 37.3 Å². The number of hydrogen-bond donors (Lipinski definition) is 2. The number of amides is 1. The smallest absolute Gasteiger partial charge is 0.255 e. The van der Waals surface area contributed by atoms with Crippen LogP contribution in [0.1, 0.15) is 28.4 Å². The lowest BCUT2D eigenvalue weighted by atomic mass is 10.1. The van der Waals surface area contributed by atoms with E-state index in [1.165, 1.54) is 0 Å². The molecule has 1 atom stereocenters. The third-order valence-corrected chi connectivity index (χ3v) is 3.33. The van der Waals surface area contributed by atoms with Crippen molar-refractivity contribution in [1.82, 2.24) is 5.32 Å². The molecule has 0 heterocycles. The molecule has 0 saturated heterocycles. The van der Waals surface area contributed by atoms with E-state index in [0.717, 1.165) is 11.1 Å². The normalized spacial score (nSPS) is 11.8. The van der Waals surface area contributed by atoms with Crippen molar-refractivity contribution >= 4 is 5.91 Å². The third-order valence-electron chi connectivity index (χ3n) is 3.33. The van der Waals surface area contributed by atoms with Gasteiger partial charge in [0.05, 0.1) is 11.7 Å². The van der Waals surface area contributed by atoms with Crippen molar-refractivity contribution in [3.63, 3.8) is 0 Å². The molecule has 2 aromatic carbocycles. The number of para-hydroxylation sites is 1. The van der Waals surface area contributed by atoms with Crippen LogP contribution < -0.4 is 10.1 Å². The molecule has 0 bridgehead atoms. The van der Waals surface area contributed by atoms with Gasteiger partial charge in [-0.2, -0.15) is 0 Å². The van der Waals surface area contributed by atoms with Crippen LogP contribution in [-0.4, -0.2) is 23.7 Å². The fourth-order valence-electron chi connectivity index (χ4n) is 2.04. The summed E-state index contributed by atoms with van der Waals surface area (Å²) in [5.41, 5.74) is 2.71. The molecule has 0 saturated carbocycles. The van der Waals surface area contributed by atoms with Crippen molar-refractivity contribution in [1.29, 1.82) is 0 Å². The largest absolute Gasteiger partial charge is 0.488 e. The van der Waals surface area contributed by atoms with Gasteiger partial charge in [-0.1, -0.05) is 36.4 Å². The summed E-state index contributed by atoms with van der Waals surface area (Å²) < 4.78 is 5.81. The molecule has 0 aliphatic carbocycles. The van der Waals surface area contributed by atoms with Crippen LogP contribution in [0.5, 0.6) is 5.75 Å². The number of rotatable bonds is 6. The van der Waals surface area contributed by atoms with Gasteiger partial charge in [0.15, 0.2) is 0 Å². The Morgan fingerprint density at radius 2 is 1.86 bits per heavy atom. The maximum atomic E-state index is 12.1. The summed E-state index contributed by atoms with van der Waals surface area (Å²) >= 11 is 0. The second kappa shape index (κ2) is 7.61. The first-order chi connectivity index (χ1) is 10.6. The summed E-state index contributed by atoms with van der Waals surface area (Å²) in [6.45, 7) is 4.28. The van der Waals surface area contributed by atoms with Gasteiger partial charge in [-0.3, -0.25) is 4.79 Å². The Morgan fingerprint density at radius 1 is 1.18 bits per heavy atom. The van der Waals surface area contributed by atoms with Crippen LogP contribution >= 0.6 is 0 Å². The first kappa shape index (κ1) is 16.0. The van der Waals surface area contributed by atoms with E-state index < -0.39 is 6.10 Å². The van der Waals surface area contributed by atoms with Crippen molar-refractivity contribution in [2.24, 2.45) is 0 Å². The Hall–Kier alpha value is -2.33. The first-order valence-corrected chi connectivity index (χ1v) is 7.30. The van der Waals surface area contributed by atoms with E-state index in [1.54, 1.807) is 25.1 Å². The number of aliphatic hydroxyl groups excluding tert-OH is 1. The van der Waals surface area contributed by atoms with E-state index in [-0.39, 0.29) is 12.5 Å². The molecule has 2 N–H and O–H groups in total. The standard InChI is InChI=1S/C18H21NO3/c1-13-7-3-4-8-15(13)12-22-17-10-6-5-9-16(17)18(21)19-11-14(2)20/h3-10,14,20H,11-12H2,1-2H3,(H,19,21). The minimum atomic E-state index is -0.580. The number of hydrogen-bond acceptors (Lipinski definition) is 3. The lowest BCUT2D eigenvalue weighted by Crippen LogP contribution is -2.30. The summed E-state index contributed by atoms with van der Waals surface area (Å²) in [4.78, 5) is 12.1. The quantitative estimate of drug-likeness (QED) is 0.862. The number of benzene rings is 2. The minimum absolute atomic E-state index is 0.213. The zero-order chi connectivity index (χ0) is 15.9. The Balaban J connectivity index is 2.08. The molecule has 4 heteroatoms. The first-order valence-electron chi connectivity index (χ1n) is 7.30. The topological polar surface area (TPSA) is 58.6 Å². The number of carbonyl (C=O) groups is 1.